The second-order valence-corrected chi connectivity index (χ2v) is 9.23. The van der Waals surface area contributed by atoms with Crippen molar-refractivity contribution in [2.24, 2.45) is 5.92 Å². The lowest BCUT2D eigenvalue weighted by atomic mass is 9.90. The maximum absolute atomic E-state index is 13.7. The number of amides is 2. The van der Waals surface area contributed by atoms with Crippen LogP contribution in [0.5, 0.6) is 5.75 Å². The topological polar surface area (TPSA) is 76.2 Å². The summed E-state index contributed by atoms with van der Waals surface area (Å²) in [5.41, 5.74) is 2.83. The molecule has 0 spiro atoms. The number of para-hydroxylation sites is 1. The predicted molar refractivity (Wildman–Crippen MR) is 140 cm³/mol. The molecule has 2 aliphatic heterocycles. The summed E-state index contributed by atoms with van der Waals surface area (Å²) < 4.78 is 5.52. The zero-order chi connectivity index (χ0) is 26.1. The van der Waals surface area contributed by atoms with E-state index in [0.717, 1.165) is 16.8 Å². The zero-order valence-electron chi connectivity index (χ0n) is 20.3. The first-order valence-electron chi connectivity index (χ1n) is 12.4. The summed E-state index contributed by atoms with van der Waals surface area (Å²) in [4.78, 5) is 47.0. The van der Waals surface area contributed by atoms with E-state index in [1.54, 1.807) is 53.6 Å². The van der Waals surface area contributed by atoms with Crippen molar-refractivity contribution >= 4 is 23.5 Å². The Kier molecular flexibility index (Phi) is 6.19. The lowest BCUT2D eigenvalue weighted by Crippen LogP contribution is -2.36. The molecule has 0 aromatic heterocycles. The van der Waals surface area contributed by atoms with E-state index >= 15 is 0 Å². The maximum atomic E-state index is 13.7. The van der Waals surface area contributed by atoms with Gasteiger partial charge in [-0.1, -0.05) is 78.9 Å². The van der Waals surface area contributed by atoms with Gasteiger partial charge in [-0.3, -0.25) is 19.3 Å². The van der Waals surface area contributed by atoms with Crippen LogP contribution in [0.3, 0.4) is 0 Å². The number of anilines is 1. The lowest BCUT2D eigenvalue weighted by molar-refractivity contribution is -0.143. The number of likely N-dealkylation sites (tertiary alicyclic amines) is 1. The van der Waals surface area contributed by atoms with Crippen molar-refractivity contribution in [3.63, 3.8) is 0 Å². The second-order valence-electron chi connectivity index (χ2n) is 9.23. The standard InChI is InChI=1S/C31H24N2O5/c34-29-26-27(22-16-18-25(19-17-22)37-31(36)23-12-6-2-7-13-23)33(24-14-8-3-9-15-24)38-28(26)30(35)32(29)20-21-10-4-1-5-11-21/h1-19,26-28H,20H2/t26-,27-,28+/m1/s1. The third kappa shape index (κ3) is 4.33. The molecule has 0 saturated carbocycles. The Morgan fingerprint density at radius 2 is 1.34 bits per heavy atom. The normalized spacial score (nSPS) is 20.5. The molecule has 38 heavy (non-hydrogen) atoms. The van der Waals surface area contributed by atoms with Crippen molar-refractivity contribution in [2.75, 3.05) is 5.06 Å². The van der Waals surface area contributed by atoms with E-state index < -0.39 is 24.0 Å². The maximum Gasteiger partial charge on any atom is 0.343 e. The molecule has 188 valence electrons. The second kappa shape index (κ2) is 9.95. The van der Waals surface area contributed by atoms with Crippen LogP contribution in [0.1, 0.15) is 27.5 Å². The van der Waals surface area contributed by atoms with Gasteiger partial charge in [0.05, 0.1) is 23.8 Å². The van der Waals surface area contributed by atoms with Gasteiger partial charge in [0.1, 0.15) is 11.7 Å². The predicted octanol–water partition coefficient (Wildman–Crippen LogP) is 4.95. The van der Waals surface area contributed by atoms with Crippen LogP contribution in [0.2, 0.25) is 0 Å². The molecule has 0 unspecified atom stereocenters. The van der Waals surface area contributed by atoms with Crippen LogP contribution in [0.25, 0.3) is 0 Å². The van der Waals surface area contributed by atoms with Crippen LogP contribution < -0.4 is 9.80 Å². The first kappa shape index (κ1) is 23.6. The Bertz CT molecular complexity index is 1460. The molecule has 6 rings (SSSR count). The van der Waals surface area contributed by atoms with E-state index in [1.807, 2.05) is 66.7 Å². The SMILES string of the molecule is O=C(Oc1ccc([C@@H]2[C@H]3C(=O)N(Cc4ccccc4)C(=O)[C@H]3ON2c2ccccc2)cc1)c1ccccc1. The highest BCUT2D eigenvalue weighted by Gasteiger charge is 2.59. The number of rotatable bonds is 6. The van der Waals surface area contributed by atoms with E-state index in [1.165, 1.54) is 4.90 Å². The highest BCUT2D eigenvalue weighted by atomic mass is 16.7. The molecule has 7 heteroatoms. The average Bonchev–Trinajstić information content (AvgIpc) is 3.47. The lowest BCUT2D eigenvalue weighted by Gasteiger charge is -2.28. The molecule has 4 aromatic carbocycles. The van der Waals surface area contributed by atoms with Crippen LogP contribution >= 0.6 is 0 Å². The van der Waals surface area contributed by atoms with Gasteiger partial charge >= 0.3 is 5.97 Å². The Balaban J connectivity index is 1.29. The highest BCUT2D eigenvalue weighted by molar-refractivity contribution is 6.07. The number of hydrogen-bond acceptors (Lipinski definition) is 6. The van der Waals surface area contributed by atoms with Crippen LogP contribution in [-0.2, 0) is 21.0 Å². The fourth-order valence-electron chi connectivity index (χ4n) is 5.00. The van der Waals surface area contributed by atoms with E-state index in [0.29, 0.717) is 11.3 Å². The van der Waals surface area contributed by atoms with Crippen molar-refractivity contribution in [3.05, 3.63) is 132 Å². The molecule has 0 bridgehead atoms. The fourth-order valence-corrected chi connectivity index (χ4v) is 5.00. The molecule has 2 heterocycles. The van der Waals surface area contributed by atoms with E-state index in [-0.39, 0.29) is 18.4 Å². The Morgan fingerprint density at radius 3 is 2.00 bits per heavy atom. The van der Waals surface area contributed by atoms with E-state index in [4.69, 9.17) is 9.57 Å². The summed E-state index contributed by atoms with van der Waals surface area (Å²) in [7, 11) is 0. The fraction of sp³-hybridized carbons (Fsp3) is 0.129. The molecule has 2 aliphatic rings. The van der Waals surface area contributed by atoms with Crippen LogP contribution in [0, 0.1) is 5.92 Å². The average molecular weight is 505 g/mol. The summed E-state index contributed by atoms with van der Waals surface area (Å²) in [5.74, 6) is -1.41. The largest absolute Gasteiger partial charge is 0.423 e. The van der Waals surface area contributed by atoms with Gasteiger partial charge in [-0.05, 0) is 47.5 Å². The monoisotopic (exact) mass is 504 g/mol. The molecule has 0 N–H and O–H groups in total. The number of hydrogen-bond donors (Lipinski definition) is 0. The van der Waals surface area contributed by atoms with Gasteiger partial charge in [-0.25, -0.2) is 9.86 Å². The third-order valence-electron chi connectivity index (χ3n) is 6.84. The van der Waals surface area contributed by atoms with Gasteiger partial charge in [-0.15, -0.1) is 0 Å². The van der Waals surface area contributed by atoms with Gasteiger partial charge < -0.3 is 4.74 Å². The Labute approximate surface area is 219 Å². The molecule has 2 fully saturated rings. The van der Waals surface area contributed by atoms with Crippen LogP contribution in [0.4, 0.5) is 5.69 Å². The summed E-state index contributed by atoms with van der Waals surface area (Å²) in [5, 5.41) is 1.65. The van der Waals surface area contributed by atoms with Gasteiger partial charge in [0.25, 0.3) is 5.91 Å². The van der Waals surface area contributed by atoms with Gasteiger partial charge in [0.2, 0.25) is 5.91 Å². The van der Waals surface area contributed by atoms with Crippen molar-refractivity contribution in [3.8, 4) is 5.75 Å². The van der Waals surface area contributed by atoms with Crippen molar-refractivity contribution in [1.82, 2.24) is 4.90 Å². The zero-order valence-corrected chi connectivity index (χ0v) is 20.3. The highest BCUT2D eigenvalue weighted by Crippen LogP contribution is 2.47. The molecule has 4 aromatic rings. The third-order valence-corrected chi connectivity index (χ3v) is 6.84. The number of esters is 1. The summed E-state index contributed by atoms with van der Waals surface area (Å²) in [6, 6.07) is 34.0. The number of hydroxylamine groups is 1. The molecule has 7 nitrogen and oxygen atoms in total. The molecule has 2 amide bonds. The van der Waals surface area contributed by atoms with E-state index in [2.05, 4.69) is 0 Å². The van der Waals surface area contributed by atoms with Gasteiger partial charge in [0.15, 0.2) is 6.10 Å². The first-order chi connectivity index (χ1) is 18.6. The summed E-state index contributed by atoms with van der Waals surface area (Å²) in [6.07, 6.45) is -0.924. The van der Waals surface area contributed by atoms with Crippen molar-refractivity contribution in [2.45, 2.75) is 18.7 Å². The minimum Gasteiger partial charge on any atom is -0.423 e. The quantitative estimate of drug-likeness (QED) is 0.210. The van der Waals surface area contributed by atoms with Gasteiger partial charge in [-0.2, -0.15) is 0 Å². The number of ether oxygens (including phenoxy) is 1. The van der Waals surface area contributed by atoms with Gasteiger partial charge in [0, 0.05) is 0 Å². The van der Waals surface area contributed by atoms with E-state index in [9.17, 15) is 14.4 Å². The minimum atomic E-state index is -0.924. The Morgan fingerprint density at radius 1 is 0.737 bits per heavy atom. The molecular weight excluding hydrogens is 480 g/mol. The number of imide groups is 1. The summed E-state index contributed by atoms with van der Waals surface area (Å²) in [6.45, 7) is 0.196. The first-order valence-corrected chi connectivity index (χ1v) is 12.4. The summed E-state index contributed by atoms with van der Waals surface area (Å²) >= 11 is 0. The van der Waals surface area contributed by atoms with Crippen LogP contribution in [0.15, 0.2) is 115 Å². The minimum absolute atomic E-state index is 0.196. The molecule has 3 atom stereocenters. The number of carbonyl (C=O) groups excluding carboxylic acids is 3. The number of nitrogens with zero attached hydrogens (tertiary/aromatic N) is 2. The smallest absolute Gasteiger partial charge is 0.343 e. The number of fused-ring (bicyclic) bond motifs is 1. The van der Waals surface area contributed by atoms with Crippen LogP contribution in [-0.4, -0.2) is 28.8 Å². The number of benzene rings is 4. The number of carbonyl (C=O) groups is 3. The van der Waals surface area contributed by atoms with Crippen molar-refractivity contribution in [1.29, 1.82) is 0 Å². The Hall–Kier alpha value is -4.75. The van der Waals surface area contributed by atoms with Crippen molar-refractivity contribution < 1.29 is 24.0 Å². The molecule has 0 radical (unpaired) electrons. The molecular formula is C31H24N2O5. The molecule has 0 aliphatic carbocycles. The molecule has 2 saturated heterocycles.